The van der Waals surface area contributed by atoms with E-state index in [0.29, 0.717) is 17.1 Å². The van der Waals surface area contributed by atoms with Crippen molar-refractivity contribution in [2.24, 2.45) is 5.73 Å². The molecule has 1 amide bonds. The van der Waals surface area contributed by atoms with Crippen molar-refractivity contribution in [3.05, 3.63) is 23.8 Å². The van der Waals surface area contributed by atoms with Gasteiger partial charge in [-0.2, -0.15) is 0 Å². The summed E-state index contributed by atoms with van der Waals surface area (Å²) in [5, 5.41) is 3.00. The van der Waals surface area contributed by atoms with E-state index in [0.717, 1.165) is 19.3 Å². The summed E-state index contributed by atoms with van der Waals surface area (Å²) in [5.41, 5.74) is 6.38. The molecule has 5 heteroatoms. The van der Waals surface area contributed by atoms with Crippen molar-refractivity contribution in [1.82, 2.24) is 5.32 Å². The van der Waals surface area contributed by atoms with Gasteiger partial charge in [-0.1, -0.05) is 0 Å². The second-order valence-electron chi connectivity index (χ2n) is 4.84. The largest absolute Gasteiger partial charge is 0.497 e. The van der Waals surface area contributed by atoms with Crippen molar-refractivity contribution >= 4 is 5.91 Å². The minimum Gasteiger partial charge on any atom is -0.497 e. The van der Waals surface area contributed by atoms with Crippen LogP contribution in [0.4, 0.5) is 0 Å². The molecule has 0 aromatic heterocycles. The first-order valence-corrected chi connectivity index (χ1v) is 6.42. The summed E-state index contributed by atoms with van der Waals surface area (Å²) in [4.78, 5) is 12.2. The molecule has 1 saturated carbocycles. The lowest BCUT2D eigenvalue weighted by atomic mass is 10.1. The summed E-state index contributed by atoms with van der Waals surface area (Å²) in [7, 11) is 3.12. The summed E-state index contributed by atoms with van der Waals surface area (Å²) in [5.74, 6) is 1.09. The lowest BCUT2D eigenvalue weighted by Crippen LogP contribution is -2.34. The van der Waals surface area contributed by atoms with Crippen LogP contribution in [0.25, 0.3) is 0 Å². The summed E-state index contributed by atoms with van der Waals surface area (Å²) in [6.07, 6.45) is 2.74. The Kier molecular flexibility index (Phi) is 4.27. The number of amides is 1. The highest BCUT2D eigenvalue weighted by Gasteiger charge is 2.23. The van der Waals surface area contributed by atoms with Crippen molar-refractivity contribution in [2.45, 2.75) is 31.3 Å². The SMILES string of the molecule is COc1cc(OC)cc(C(=O)NC2CCC(N)C2)c1. The molecule has 1 aromatic carbocycles. The molecule has 2 atom stereocenters. The fourth-order valence-electron chi connectivity index (χ4n) is 2.35. The predicted octanol–water partition coefficient (Wildman–Crippen LogP) is 1.31. The van der Waals surface area contributed by atoms with E-state index in [9.17, 15) is 4.79 Å². The molecule has 1 aliphatic rings. The second-order valence-corrected chi connectivity index (χ2v) is 4.84. The highest BCUT2D eigenvalue weighted by atomic mass is 16.5. The Balaban J connectivity index is 2.09. The summed E-state index contributed by atoms with van der Waals surface area (Å²) < 4.78 is 10.3. The average Bonchev–Trinajstić information content (AvgIpc) is 2.83. The van der Waals surface area contributed by atoms with Gasteiger partial charge in [-0.15, -0.1) is 0 Å². The van der Waals surface area contributed by atoms with Gasteiger partial charge in [-0.05, 0) is 31.4 Å². The van der Waals surface area contributed by atoms with Crippen molar-refractivity contribution in [3.63, 3.8) is 0 Å². The van der Waals surface area contributed by atoms with Gasteiger partial charge in [0.05, 0.1) is 14.2 Å². The topological polar surface area (TPSA) is 73.6 Å². The van der Waals surface area contributed by atoms with Crippen LogP contribution in [0.2, 0.25) is 0 Å². The molecule has 2 unspecified atom stereocenters. The zero-order valence-corrected chi connectivity index (χ0v) is 11.3. The number of nitrogens with one attached hydrogen (secondary N) is 1. The third kappa shape index (κ3) is 3.38. The van der Waals surface area contributed by atoms with Crippen LogP contribution in [-0.4, -0.2) is 32.2 Å². The third-order valence-electron chi connectivity index (χ3n) is 3.42. The van der Waals surface area contributed by atoms with E-state index in [-0.39, 0.29) is 18.0 Å². The molecular weight excluding hydrogens is 244 g/mol. The van der Waals surface area contributed by atoms with E-state index in [1.165, 1.54) is 0 Å². The Labute approximate surface area is 113 Å². The lowest BCUT2D eigenvalue weighted by molar-refractivity contribution is 0.0937. The van der Waals surface area contributed by atoms with Gasteiger partial charge >= 0.3 is 0 Å². The maximum atomic E-state index is 12.2. The fraction of sp³-hybridized carbons (Fsp3) is 0.500. The number of nitrogens with two attached hydrogens (primary N) is 1. The highest BCUT2D eigenvalue weighted by Crippen LogP contribution is 2.23. The van der Waals surface area contributed by atoms with Crippen molar-refractivity contribution in [1.29, 1.82) is 0 Å². The molecule has 5 nitrogen and oxygen atoms in total. The first-order valence-electron chi connectivity index (χ1n) is 6.42. The molecule has 1 aliphatic carbocycles. The summed E-state index contributed by atoms with van der Waals surface area (Å²) >= 11 is 0. The fourth-order valence-corrected chi connectivity index (χ4v) is 2.35. The summed E-state index contributed by atoms with van der Waals surface area (Å²) in [6.45, 7) is 0. The van der Waals surface area contributed by atoms with Crippen LogP contribution in [0, 0.1) is 0 Å². The number of methoxy groups -OCH3 is 2. The highest BCUT2D eigenvalue weighted by molar-refractivity contribution is 5.95. The van der Waals surface area contributed by atoms with Gasteiger partial charge in [-0.3, -0.25) is 4.79 Å². The molecule has 2 rings (SSSR count). The number of benzene rings is 1. The molecular formula is C14H20N2O3. The molecule has 0 bridgehead atoms. The van der Waals surface area contributed by atoms with E-state index >= 15 is 0 Å². The van der Waals surface area contributed by atoms with E-state index in [1.807, 2.05) is 0 Å². The van der Waals surface area contributed by atoms with Crippen LogP contribution >= 0.6 is 0 Å². The molecule has 0 radical (unpaired) electrons. The number of ether oxygens (including phenoxy) is 2. The van der Waals surface area contributed by atoms with Crippen LogP contribution < -0.4 is 20.5 Å². The number of carbonyl (C=O) groups excluding carboxylic acids is 1. The number of rotatable bonds is 4. The molecule has 0 heterocycles. The molecule has 1 aromatic rings. The standard InChI is InChI=1S/C14H20N2O3/c1-18-12-5-9(6-13(8-12)19-2)14(17)16-11-4-3-10(15)7-11/h5-6,8,10-11H,3-4,7,15H2,1-2H3,(H,16,17). The first-order chi connectivity index (χ1) is 9.12. The molecule has 0 spiro atoms. The number of hydrogen-bond acceptors (Lipinski definition) is 4. The quantitative estimate of drug-likeness (QED) is 0.860. The normalized spacial score (nSPS) is 22.1. The molecule has 0 saturated heterocycles. The monoisotopic (exact) mass is 264 g/mol. The first kappa shape index (κ1) is 13.7. The van der Waals surface area contributed by atoms with Crippen LogP contribution in [-0.2, 0) is 0 Å². The molecule has 104 valence electrons. The van der Waals surface area contributed by atoms with Crippen molar-refractivity contribution < 1.29 is 14.3 Å². The van der Waals surface area contributed by atoms with Gasteiger partial charge in [0, 0.05) is 23.7 Å². The number of carbonyl (C=O) groups is 1. The van der Waals surface area contributed by atoms with Crippen LogP contribution in [0.5, 0.6) is 11.5 Å². The minimum absolute atomic E-state index is 0.115. The Morgan fingerprint density at radius 2 is 1.84 bits per heavy atom. The van der Waals surface area contributed by atoms with Gasteiger partial charge in [-0.25, -0.2) is 0 Å². The van der Waals surface area contributed by atoms with E-state index in [1.54, 1.807) is 32.4 Å². The third-order valence-corrected chi connectivity index (χ3v) is 3.42. The maximum Gasteiger partial charge on any atom is 0.251 e. The van der Waals surface area contributed by atoms with Crippen molar-refractivity contribution in [3.8, 4) is 11.5 Å². The zero-order chi connectivity index (χ0) is 13.8. The lowest BCUT2D eigenvalue weighted by Gasteiger charge is -2.13. The van der Waals surface area contributed by atoms with Gasteiger partial charge in [0.2, 0.25) is 0 Å². The van der Waals surface area contributed by atoms with Crippen molar-refractivity contribution in [2.75, 3.05) is 14.2 Å². The minimum atomic E-state index is -0.115. The Bertz CT molecular complexity index is 440. The molecule has 0 aliphatic heterocycles. The Morgan fingerprint density at radius 3 is 2.32 bits per heavy atom. The number of hydrogen-bond donors (Lipinski definition) is 2. The smallest absolute Gasteiger partial charge is 0.251 e. The zero-order valence-electron chi connectivity index (χ0n) is 11.3. The van der Waals surface area contributed by atoms with E-state index in [2.05, 4.69) is 5.32 Å². The van der Waals surface area contributed by atoms with Gasteiger partial charge in [0.1, 0.15) is 11.5 Å². The Hall–Kier alpha value is -1.75. The van der Waals surface area contributed by atoms with Crippen LogP contribution in [0.3, 0.4) is 0 Å². The van der Waals surface area contributed by atoms with E-state index in [4.69, 9.17) is 15.2 Å². The van der Waals surface area contributed by atoms with Gasteiger partial charge in [0.25, 0.3) is 5.91 Å². The maximum absolute atomic E-state index is 12.2. The van der Waals surface area contributed by atoms with Crippen LogP contribution in [0.1, 0.15) is 29.6 Å². The van der Waals surface area contributed by atoms with Gasteiger partial charge < -0.3 is 20.5 Å². The summed E-state index contributed by atoms with van der Waals surface area (Å²) in [6, 6.07) is 5.51. The second kappa shape index (κ2) is 5.93. The average molecular weight is 264 g/mol. The molecule has 3 N–H and O–H groups in total. The molecule has 1 fully saturated rings. The Morgan fingerprint density at radius 1 is 1.21 bits per heavy atom. The van der Waals surface area contributed by atoms with Gasteiger partial charge in [0.15, 0.2) is 0 Å². The predicted molar refractivity (Wildman–Crippen MR) is 72.6 cm³/mol. The molecule has 19 heavy (non-hydrogen) atoms. The van der Waals surface area contributed by atoms with E-state index < -0.39 is 0 Å². The van der Waals surface area contributed by atoms with Crippen LogP contribution in [0.15, 0.2) is 18.2 Å².